The summed E-state index contributed by atoms with van der Waals surface area (Å²) < 4.78 is 30.7. The van der Waals surface area contributed by atoms with Gasteiger partial charge in [0.25, 0.3) is 10.1 Å². The van der Waals surface area contributed by atoms with Crippen molar-refractivity contribution >= 4 is 21.9 Å². The second-order valence-corrected chi connectivity index (χ2v) is 10.3. The van der Waals surface area contributed by atoms with Gasteiger partial charge in [0.1, 0.15) is 6.04 Å². The van der Waals surface area contributed by atoms with Gasteiger partial charge in [0.2, 0.25) is 11.8 Å². The molecule has 2 amide bonds. The highest BCUT2D eigenvalue weighted by atomic mass is 32.2. The Morgan fingerprint density at radius 2 is 1.66 bits per heavy atom. The largest absolute Gasteiger partial charge is 0.354 e. The average Bonchev–Trinajstić information content (AvgIpc) is 2.71. The van der Waals surface area contributed by atoms with E-state index < -0.39 is 16.2 Å². The van der Waals surface area contributed by atoms with Crippen molar-refractivity contribution in [1.29, 1.82) is 0 Å². The monoisotopic (exact) mass is 477 g/mol. The first-order valence-electron chi connectivity index (χ1n) is 11.8. The Labute approximate surface area is 193 Å². The minimum absolute atomic E-state index is 0.126. The number of unbranched alkanes of at least 4 members (excludes halogenated alkanes) is 2. The maximum atomic E-state index is 12.6. The second kappa shape index (κ2) is 15.5. The van der Waals surface area contributed by atoms with Crippen LogP contribution in [0.2, 0.25) is 0 Å². The fourth-order valence-electron chi connectivity index (χ4n) is 3.50. The van der Waals surface area contributed by atoms with Gasteiger partial charge in [-0.3, -0.25) is 23.9 Å². The van der Waals surface area contributed by atoms with Crippen LogP contribution in [0.25, 0.3) is 0 Å². The molecule has 0 unspecified atom stereocenters. The first-order valence-corrected chi connectivity index (χ1v) is 13.4. The number of carbonyl (C=O) groups excluding carboxylic acids is 2. The van der Waals surface area contributed by atoms with Crippen LogP contribution in [0.15, 0.2) is 0 Å². The van der Waals surface area contributed by atoms with Gasteiger partial charge in [0.15, 0.2) is 0 Å². The lowest BCUT2D eigenvalue weighted by Crippen LogP contribution is -2.53. The summed E-state index contributed by atoms with van der Waals surface area (Å²) in [4.78, 5) is 29.1. The highest BCUT2D eigenvalue weighted by Crippen LogP contribution is 2.05. The van der Waals surface area contributed by atoms with Crippen molar-refractivity contribution in [2.24, 2.45) is 0 Å². The SMILES string of the molecule is CCCCNC(=O)[C@H](CCCCNC(C)C)NC(=O)CN1CCN(CCS(=O)(=O)O)CC1. The second-order valence-electron chi connectivity index (χ2n) is 8.77. The minimum Gasteiger partial charge on any atom is -0.354 e. The summed E-state index contributed by atoms with van der Waals surface area (Å²) in [5.41, 5.74) is 0. The summed E-state index contributed by atoms with van der Waals surface area (Å²) in [6.45, 7) is 10.8. The Balaban J connectivity index is 2.44. The van der Waals surface area contributed by atoms with E-state index in [9.17, 15) is 18.0 Å². The van der Waals surface area contributed by atoms with Crippen molar-refractivity contribution in [2.75, 3.05) is 58.1 Å². The molecule has 1 heterocycles. The molecule has 0 spiro atoms. The molecule has 1 atom stereocenters. The molecular formula is C21H43N5O5S. The standard InChI is InChI=1S/C21H43N5O5S/c1-4-5-9-23-21(28)19(8-6-7-10-22-18(2)3)24-20(27)17-26-13-11-25(12-14-26)15-16-32(29,30)31/h18-19,22H,4-17H2,1-3H3,(H,23,28)(H,24,27)(H,29,30,31)/t19-/m0/s1. The Morgan fingerprint density at radius 1 is 1.00 bits per heavy atom. The van der Waals surface area contributed by atoms with Crippen LogP contribution >= 0.6 is 0 Å². The summed E-state index contributed by atoms with van der Waals surface area (Å²) in [7, 11) is -3.96. The Bertz CT molecular complexity index is 651. The van der Waals surface area contributed by atoms with Crippen LogP contribution in [-0.4, -0.2) is 105 Å². The highest BCUT2D eigenvalue weighted by Gasteiger charge is 2.23. The van der Waals surface area contributed by atoms with Crippen molar-refractivity contribution < 1.29 is 22.6 Å². The highest BCUT2D eigenvalue weighted by molar-refractivity contribution is 7.85. The van der Waals surface area contributed by atoms with Gasteiger partial charge in [0, 0.05) is 45.3 Å². The minimum atomic E-state index is -3.96. The Hall–Kier alpha value is -1.27. The molecule has 32 heavy (non-hydrogen) atoms. The third-order valence-corrected chi connectivity index (χ3v) is 6.15. The number of rotatable bonds is 16. The fourth-order valence-corrected chi connectivity index (χ4v) is 3.99. The van der Waals surface area contributed by atoms with Gasteiger partial charge < -0.3 is 16.0 Å². The van der Waals surface area contributed by atoms with Gasteiger partial charge in [0.05, 0.1) is 12.3 Å². The Kier molecular flexibility index (Phi) is 14.0. The van der Waals surface area contributed by atoms with E-state index >= 15 is 0 Å². The molecule has 0 saturated carbocycles. The van der Waals surface area contributed by atoms with E-state index in [0.717, 1.165) is 32.2 Å². The van der Waals surface area contributed by atoms with E-state index in [0.29, 0.717) is 45.2 Å². The number of carbonyl (C=O) groups is 2. The molecule has 1 aliphatic heterocycles. The number of nitrogens with one attached hydrogen (secondary N) is 3. The third-order valence-electron chi connectivity index (χ3n) is 5.45. The molecule has 0 aliphatic carbocycles. The van der Waals surface area contributed by atoms with E-state index in [1.54, 1.807) is 0 Å². The molecule has 1 rings (SSSR count). The van der Waals surface area contributed by atoms with Crippen LogP contribution in [0, 0.1) is 0 Å². The molecule has 0 aromatic heterocycles. The van der Waals surface area contributed by atoms with E-state index in [2.05, 4.69) is 36.7 Å². The van der Waals surface area contributed by atoms with Gasteiger partial charge in [-0.25, -0.2) is 0 Å². The first-order chi connectivity index (χ1) is 15.1. The molecule has 10 nitrogen and oxygen atoms in total. The van der Waals surface area contributed by atoms with Crippen molar-refractivity contribution in [2.45, 2.75) is 65.0 Å². The quantitative estimate of drug-likeness (QED) is 0.181. The molecule has 4 N–H and O–H groups in total. The van der Waals surface area contributed by atoms with E-state index in [1.807, 2.05) is 9.80 Å². The van der Waals surface area contributed by atoms with E-state index in [-0.39, 0.29) is 30.7 Å². The van der Waals surface area contributed by atoms with Gasteiger partial charge in [-0.05, 0) is 32.2 Å². The van der Waals surface area contributed by atoms with Gasteiger partial charge in [-0.15, -0.1) is 0 Å². The van der Waals surface area contributed by atoms with Crippen molar-refractivity contribution in [3.8, 4) is 0 Å². The lowest BCUT2D eigenvalue weighted by Gasteiger charge is -2.34. The molecule has 0 bridgehead atoms. The lowest BCUT2D eigenvalue weighted by atomic mass is 10.1. The third kappa shape index (κ3) is 14.0. The average molecular weight is 478 g/mol. The number of amides is 2. The molecule has 1 fully saturated rings. The smallest absolute Gasteiger partial charge is 0.266 e. The van der Waals surface area contributed by atoms with Crippen LogP contribution in [0.5, 0.6) is 0 Å². The molecule has 0 aromatic carbocycles. The van der Waals surface area contributed by atoms with Crippen LogP contribution in [-0.2, 0) is 19.7 Å². The zero-order chi connectivity index (χ0) is 24.0. The van der Waals surface area contributed by atoms with E-state index in [4.69, 9.17) is 4.55 Å². The van der Waals surface area contributed by atoms with Gasteiger partial charge in [-0.1, -0.05) is 27.2 Å². The van der Waals surface area contributed by atoms with Crippen LogP contribution in [0.1, 0.15) is 52.9 Å². The van der Waals surface area contributed by atoms with Crippen LogP contribution < -0.4 is 16.0 Å². The topological polar surface area (TPSA) is 131 Å². The fraction of sp³-hybridized carbons (Fsp3) is 0.905. The Morgan fingerprint density at radius 3 is 2.25 bits per heavy atom. The van der Waals surface area contributed by atoms with Gasteiger partial charge in [-0.2, -0.15) is 8.42 Å². The predicted molar refractivity (Wildman–Crippen MR) is 126 cm³/mol. The molecule has 1 aliphatic rings. The molecule has 1 saturated heterocycles. The molecule has 0 aromatic rings. The maximum absolute atomic E-state index is 12.6. The summed E-state index contributed by atoms with van der Waals surface area (Å²) in [5, 5.41) is 9.19. The zero-order valence-corrected chi connectivity index (χ0v) is 20.8. The number of hydrogen-bond donors (Lipinski definition) is 4. The first kappa shape index (κ1) is 28.8. The summed E-state index contributed by atoms with van der Waals surface area (Å²) in [6, 6.07) is -0.106. The maximum Gasteiger partial charge on any atom is 0.266 e. The summed E-state index contributed by atoms with van der Waals surface area (Å²) in [5.74, 6) is -0.583. The molecule has 11 heteroatoms. The number of piperazine rings is 1. The summed E-state index contributed by atoms with van der Waals surface area (Å²) in [6.07, 6.45) is 4.30. The molecule has 0 radical (unpaired) electrons. The zero-order valence-electron chi connectivity index (χ0n) is 19.9. The lowest BCUT2D eigenvalue weighted by molar-refractivity contribution is -0.130. The number of hydrogen-bond acceptors (Lipinski definition) is 7. The van der Waals surface area contributed by atoms with Gasteiger partial charge >= 0.3 is 0 Å². The molecule has 188 valence electrons. The van der Waals surface area contributed by atoms with Crippen LogP contribution in [0.4, 0.5) is 0 Å². The summed E-state index contributed by atoms with van der Waals surface area (Å²) >= 11 is 0. The van der Waals surface area contributed by atoms with Crippen molar-refractivity contribution in [1.82, 2.24) is 25.8 Å². The van der Waals surface area contributed by atoms with Crippen LogP contribution in [0.3, 0.4) is 0 Å². The predicted octanol–water partition coefficient (Wildman–Crippen LogP) is 0.0612. The normalized spacial score (nSPS) is 16.8. The van der Waals surface area contributed by atoms with Crippen molar-refractivity contribution in [3.05, 3.63) is 0 Å². The van der Waals surface area contributed by atoms with Crippen molar-refractivity contribution in [3.63, 3.8) is 0 Å². The van der Waals surface area contributed by atoms with E-state index in [1.165, 1.54) is 0 Å². The number of nitrogens with zero attached hydrogens (tertiary/aromatic N) is 2. The molecular weight excluding hydrogens is 434 g/mol.